The molecule has 0 saturated heterocycles. The van der Waals surface area contributed by atoms with Gasteiger partial charge in [-0.25, -0.2) is 0 Å². The molecule has 1 aromatic rings. The average Bonchev–Trinajstić information content (AvgIpc) is 2.71. The van der Waals surface area contributed by atoms with Gasteiger partial charge in [0.25, 0.3) is 0 Å². The molecule has 0 spiro atoms. The van der Waals surface area contributed by atoms with Gasteiger partial charge in [-0.2, -0.15) is 0 Å². The molecule has 1 atom stereocenters. The van der Waals surface area contributed by atoms with Gasteiger partial charge in [-0.3, -0.25) is 4.90 Å². The van der Waals surface area contributed by atoms with Gasteiger partial charge < -0.3 is 10.5 Å². The first-order valence-corrected chi connectivity index (χ1v) is 7.03. The topological polar surface area (TPSA) is 38.5 Å². The smallest absolute Gasteiger partial charge is 0.0590 e. The lowest BCUT2D eigenvalue weighted by Crippen LogP contribution is -2.30. The number of hydrogen-bond acceptors (Lipinski definition) is 3. The zero-order valence-electron chi connectivity index (χ0n) is 12.6. The normalized spacial score (nSPS) is 19.7. The van der Waals surface area contributed by atoms with E-state index in [9.17, 15) is 0 Å². The molecular weight excluding hydrogens is 236 g/mol. The van der Waals surface area contributed by atoms with E-state index in [1.807, 2.05) is 0 Å². The van der Waals surface area contributed by atoms with Gasteiger partial charge in [0.1, 0.15) is 0 Å². The molecule has 3 nitrogen and oxygen atoms in total. The maximum Gasteiger partial charge on any atom is 0.0590 e. The highest BCUT2D eigenvalue weighted by Crippen LogP contribution is 2.35. The van der Waals surface area contributed by atoms with Crippen molar-refractivity contribution in [1.82, 2.24) is 4.90 Å². The number of nitrogens with zero attached hydrogens (tertiary/aromatic N) is 1. The Morgan fingerprint density at radius 3 is 2.68 bits per heavy atom. The Balaban J connectivity index is 2.27. The van der Waals surface area contributed by atoms with E-state index in [1.54, 1.807) is 7.11 Å². The van der Waals surface area contributed by atoms with Gasteiger partial charge in [0.05, 0.1) is 6.61 Å². The van der Waals surface area contributed by atoms with Crippen LogP contribution in [-0.4, -0.2) is 31.7 Å². The molecule has 1 heterocycles. The summed E-state index contributed by atoms with van der Waals surface area (Å²) in [6.07, 6.45) is 0. The van der Waals surface area contributed by atoms with Crippen molar-refractivity contribution in [2.24, 2.45) is 5.73 Å². The molecule has 0 radical (unpaired) electrons. The van der Waals surface area contributed by atoms with E-state index in [1.165, 1.54) is 16.7 Å². The fraction of sp³-hybridized carbons (Fsp3) is 0.625. The zero-order chi connectivity index (χ0) is 14.0. The monoisotopic (exact) mass is 262 g/mol. The number of rotatable bonds is 4. The van der Waals surface area contributed by atoms with Gasteiger partial charge in [-0.1, -0.05) is 39.0 Å². The van der Waals surface area contributed by atoms with Crippen molar-refractivity contribution in [2.45, 2.75) is 38.8 Å². The second-order valence-corrected chi connectivity index (χ2v) is 6.38. The van der Waals surface area contributed by atoms with Crippen LogP contribution in [0.4, 0.5) is 0 Å². The molecule has 1 aliphatic heterocycles. The number of fused-ring (bicyclic) bond motifs is 1. The second-order valence-electron chi connectivity index (χ2n) is 6.38. The number of nitrogens with two attached hydrogens (primary N) is 1. The van der Waals surface area contributed by atoms with E-state index in [4.69, 9.17) is 10.5 Å². The predicted molar refractivity (Wildman–Crippen MR) is 79.2 cm³/mol. The lowest BCUT2D eigenvalue weighted by atomic mass is 9.85. The molecule has 1 aliphatic rings. The van der Waals surface area contributed by atoms with Crippen LogP contribution in [0.5, 0.6) is 0 Å². The minimum atomic E-state index is 0.189. The number of methoxy groups -OCH3 is 1. The van der Waals surface area contributed by atoms with Gasteiger partial charge in [0.15, 0.2) is 0 Å². The predicted octanol–water partition coefficient (Wildman–Crippen LogP) is 2.45. The summed E-state index contributed by atoms with van der Waals surface area (Å²) in [6.45, 7) is 10.1. The molecule has 106 valence electrons. The number of hydrogen-bond donors (Lipinski definition) is 1. The summed E-state index contributed by atoms with van der Waals surface area (Å²) in [6, 6.07) is 7.21. The quantitative estimate of drug-likeness (QED) is 0.906. The summed E-state index contributed by atoms with van der Waals surface area (Å²) in [7, 11) is 1.75. The van der Waals surface area contributed by atoms with Crippen molar-refractivity contribution in [1.29, 1.82) is 0 Å². The third-order valence-corrected chi connectivity index (χ3v) is 3.99. The highest BCUT2D eigenvalue weighted by molar-refractivity contribution is 5.40. The molecule has 0 saturated carbocycles. The van der Waals surface area contributed by atoms with Crippen molar-refractivity contribution in [3.05, 3.63) is 34.9 Å². The van der Waals surface area contributed by atoms with Crippen molar-refractivity contribution < 1.29 is 4.74 Å². The third kappa shape index (κ3) is 2.99. The summed E-state index contributed by atoms with van der Waals surface area (Å²) in [4.78, 5) is 2.42. The minimum Gasteiger partial charge on any atom is -0.383 e. The van der Waals surface area contributed by atoms with Gasteiger partial charge >= 0.3 is 0 Å². The molecule has 0 bridgehead atoms. The van der Waals surface area contributed by atoms with E-state index < -0.39 is 0 Å². The second kappa shape index (κ2) is 5.61. The Kier molecular flexibility index (Phi) is 4.29. The van der Waals surface area contributed by atoms with Crippen LogP contribution in [0.25, 0.3) is 0 Å². The summed E-state index contributed by atoms with van der Waals surface area (Å²) < 4.78 is 5.19. The Morgan fingerprint density at radius 2 is 2.11 bits per heavy atom. The van der Waals surface area contributed by atoms with Crippen LogP contribution in [0.2, 0.25) is 0 Å². The molecule has 2 N–H and O–H groups in total. The molecule has 0 aromatic heterocycles. The first kappa shape index (κ1) is 14.5. The Bertz CT molecular complexity index is 437. The van der Waals surface area contributed by atoms with E-state index >= 15 is 0 Å². The molecule has 0 fully saturated rings. The summed E-state index contributed by atoms with van der Waals surface area (Å²) in [5.74, 6) is 0. The largest absolute Gasteiger partial charge is 0.383 e. The highest BCUT2D eigenvalue weighted by Gasteiger charge is 2.29. The number of ether oxygens (including phenoxy) is 1. The summed E-state index contributed by atoms with van der Waals surface area (Å²) >= 11 is 0. The van der Waals surface area contributed by atoms with Crippen molar-refractivity contribution in [3.8, 4) is 0 Å². The third-order valence-electron chi connectivity index (χ3n) is 3.99. The lowest BCUT2D eigenvalue weighted by Gasteiger charge is -2.24. The first-order chi connectivity index (χ1) is 8.97. The van der Waals surface area contributed by atoms with Gasteiger partial charge in [0.2, 0.25) is 0 Å². The summed E-state index contributed by atoms with van der Waals surface area (Å²) in [5.41, 5.74) is 10.4. The zero-order valence-corrected chi connectivity index (χ0v) is 12.6. The molecular formula is C16H26N2O. The lowest BCUT2D eigenvalue weighted by molar-refractivity contribution is 0.128. The van der Waals surface area contributed by atoms with Crippen LogP contribution in [0.15, 0.2) is 18.2 Å². The van der Waals surface area contributed by atoms with Crippen LogP contribution in [0.3, 0.4) is 0 Å². The molecule has 2 rings (SSSR count). The fourth-order valence-electron chi connectivity index (χ4n) is 2.76. The number of benzene rings is 1. The molecule has 3 heteroatoms. The molecule has 0 aliphatic carbocycles. The van der Waals surface area contributed by atoms with E-state index in [-0.39, 0.29) is 5.41 Å². The van der Waals surface area contributed by atoms with Gasteiger partial charge in [-0.15, -0.1) is 0 Å². The van der Waals surface area contributed by atoms with E-state index in [0.29, 0.717) is 12.6 Å². The Hall–Kier alpha value is -0.900. The SMILES string of the molecule is COCCN1Cc2ccc(C(C)(C)C)cc2C1CN. The maximum atomic E-state index is 5.99. The molecule has 1 aromatic carbocycles. The van der Waals surface area contributed by atoms with E-state index in [2.05, 4.69) is 43.9 Å². The average molecular weight is 262 g/mol. The van der Waals surface area contributed by atoms with Crippen molar-refractivity contribution in [2.75, 3.05) is 26.8 Å². The molecule has 1 unspecified atom stereocenters. The van der Waals surface area contributed by atoms with E-state index in [0.717, 1.165) is 19.7 Å². The van der Waals surface area contributed by atoms with Crippen LogP contribution in [-0.2, 0) is 16.7 Å². The van der Waals surface area contributed by atoms with Crippen LogP contribution < -0.4 is 5.73 Å². The molecule has 0 amide bonds. The Morgan fingerprint density at radius 1 is 1.37 bits per heavy atom. The fourth-order valence-corrected chi connectivity index (χ4v) is 2.76. The van der Waals surface area contributed by atoms with Crippen LogP contribution in [0.1, 0.15) is 43.5 Å². The Labute approximate surface area is 116 Å². The minimum absolute atomic E-state index is 0.189. The molecule has 19 heavy (non-hydrogen) atoms. The van der Waals surface area contributed by atoms with Crippen LogP contribution >= 0.6 is 0 Å². The van der Waals surface area contributed by atoms with Gasteiger partial charge in [0, 0.05) is 32.8 Å². The van der Waals surface area contributed by atoms with Crippen molar-refractivity contribution >= 4 is 0 Å². The standard InChI is InChI=1S/C16H26N2O/c1-16(2,3)13-6-5-12-11-18(7-8-19-4)15(10-17)14(12)9-13/h5-6,9,15H,7-8,10-11,17H2,1-4H3. The first-order valence-electron chi connectivity index (χ1n) is 7.03. The van der Waals surface area contributed by atoms with Crippen molar-refractivity contribution in [3.63, 3.8) is 0 Å². The highest BCUT2D eigenvalue weighted by atomic mass is 16.5. The summed E-state index contributed by atoms with van der Waals surface area (Å²) in [5, 5.41) is 0. The van der Waals surface area contributed by atoms with Crippen LogP contribution in [0, 0.1) is 0 Å². The maximum absolute atomic E-state index is 5.99. The van der Waals surface area contributed by atoms with Gasteiger partial charge in [-0.05, 0) is 22.1 Å².